The highest BCUT2D eigenvalue weighted by Gasteiger charge is 2.14. The van der Waals surface area contributed by atoms with Gasteiger partial charge in [-0.15, -0.1) is 0 Å². The first-order valence-electron chi connectivity index (χ1n) is 4.96. The number of nitrogens with zero attached hydrogens (tertiary/aromatic N) is 1. The third-order valence-electron chi connectivity index (χ3n) is 2.17. The molecule has 0 fully saturated rings. The first-order valence-corrected chi connectivity index (χ1v) is 10.6. The van der Waals surface area contributed by atoms with Gasteiger partial charge in [0.2, 0.25) is 0 Å². The van der Waals surface area contributed by atoms with Gasteiger partial charge in [-0.2, -0.15) is 0 Å². The van der Waals surface area contributed by atoms with Gasteiger partial charge in [-0.3, -0.25) is 0 Å². The quantitative estimate of drug-likeness (QED) is 0.691. The summed E-state index contributed by atoms with van der Waals surface area (Å²) in [5.74, 6) is 0. The summed E-state index contributed by atoms with van der Waals surface area (Å²) < 4.78 is 2.69. The van der Waals surface area contributed by atoms with E-state index in [0.29, 0.717) is 0 Å². The Morgan fingerprint density at radius 2 is 1.31 bits per heavy atom. The molecule has 0 radical (unpaired) electrons. The summed E-state index contributed by atoms with van der Waals surface area (Å²) >= 11 is 0. The molecule has 0 heterocycles. The normalized spacial score (nSPS) is 10.9. The SMILES string of the molecule is C[SiH](C)N(c1ccccc1)[SiH](C)C. The second-order valence-corrected chi connectivity index (χ2v) is 10.0. The molecule has 0 amide bonds. The van der Waals surface area contributed by atoms with Gasteiger partial charge in [0.25, 0.3) is 0 Å². The van der Waals surface area contributed by atoms with Crippen molar-refractivity contribution in [2.75, 3.05) is 4.23 Å². The summed E-state index contributed by atoms with van der Waals surface area (Å²) in [5, 5.41) is 0. The predicted molar refractivity (Wildman–Crippen MR) is 66.7 cm³/mol. The molecule has 0 aromatic heterocycles. The Balaban J connectivity index is 2.89. The minimum atomic E-state index is -0.675. The lowest BCUT2D eigenvalue weighted by Crippen LogP contribution is -2.43. The fourth-order valence-electron chi connectivity index (χ4n) is 1.79. The molecule has 0 aliphatic carbocycles. The van der Waals surface area contributed by atoms with E-state index in [4.69, 9.17) is 0 Å². The molecule has 1 nitrogen and oxygen atoms in total. The van der Waals surface area contributed by atoms with Crippen molar-refractivity contribution >= 4 is 23.6 Å². The molecular weight excluding hydrogens is 190 g/mol. The smallest absolute Gasteiger partial charge is 0.124 e. The molecule has 0 spiro atoms. The summed E-state index contributed by atoms with van der Waals surface area (Å²) in [6, 6.07) is 10.8. The number of para-hydroxylation sites is 1. The van der Waals surface area contributed by atoms with Gasteiger partial charge in [-0.05, 0) is 12.1 Å². The Labute approximate surface area is 84.8 Å². The number of hydrogen-bond acceptors (Lipinski definition) is 1. The van der Waals surface area contributed by atoms with Crippen molar-refractivity contribution < 1.29 is 0 Å². The van der Waals surface area contributed by atoms with Crippen molar-refractivity contribution in [3.8, 4) is 0 Å². The molecule has 1 aromatic rings. The zero-order chi connectivity index (χ0) is 9.84. The maximum atomic E-state index is 2.69. The molecule has 72 valence electrons. The first kappa shape index (κ1) is 10.5. The van der Waals surface area contributed by atoms with E-state index in [0.717, 1.165) is 0 Å². The first-order chi connectivity index (χ1) is 6.13. The molecule has 0 bridgehead atoms. The Morgan fingerprint density at radius 3 is 1.69 bits per heavy atom. The summed E-state index contributed by atoms with van der Waals surface area (Å²) in [6.07, 6.45) is 0. The molecule has 0 saturated heterocycles. The van der Waals surface area contributed by atoms with Gasteiger partial charge < -0.3 is 4.23 Å². The van der Waals surface area contributed by atoms with Gasteiger partial charge in [-0.25, -0.2) is 0 Å². The third kappa shape index (κ3) is 2.70. The van der Waals surface area contributed by atoms with Crippen molar-refractivity contribution in [3.05, 3.63) is 30.3 Å². The van der Waals surface area contributed by atoms with E-state index in [1.165, 1.54) is 5.69 Å². The Bertz CT molecular complexity index is 238. The zero-order valence-corrected chi connectivity index (χ0v) is 11.3. The van der Waals surface area contributed by atoms with Gasteiger partial charge in [0.1, 0.15) is 17.9 Å². The third-order valence-corrected chi connectivity index (χ3v) is 8.57. The lowest BCUT2D eigenvalue weighted by molar-refractivity contribution is 1.46. The van der Waals surface area contributed by atoms with Crippen molar-refractivity contribution in [3.63, 3.8) is 0 Å². The second-order valence-electron chi connectivity index (χ2n) is 3.93. The molecule has 1 aromatic carbocycles. The van der Waals surface area contributed by atoms with Crippen molar-refractivity contribution in [2.45, 2.75) is 26.2 Å². The fraction of sp³-hybridized carbons (Fsp3) is 0.400. The standard InChI is InChI=1S/C10H19NSi2/c1-12(2)11(13(3)4)10-8-6-5-7-9-10/h5-9,12-13H,1-4H3. The number of anilines is 1. The number of hydrogen-bond donors (Lipinski definition) is 0. The highest BCUT2D eigenvalue weighted by Crippen LogP contribution is 2.16. The highest BCUT2D eigenvalue weighted by molar-refractivity contribution is 6.81. The molecule has 0 N–H and O–H groups in total. The minimum Gasteiger partial charge on any atom is -0.429 e. The van der Waals surface area contributed by atoms with E-state index >= 15 is 0 Å². The molecule has 0 aliphatic heterocycles. The van der Waals surface area contributed by atoms with E-state index in [9.17, 15) is 0 Å². The maximum absolute atomic E-state index is 2.69. The van der Waals surface area contributed by atoms with Gasteiger partial charge >= 0.3 is 0 Å². The van der Waals surface area contributed by atoms with Crippen LogP contribution in [-0.4, -0.2) is 17.9 Å². The van der Waals surface area contributed by atoms with Gasteiger partial charge in [0, 0.05) is 5.69 Å². The second kappa shape index (κ2) is 4.62. The van der Waals surface area contributed by atoms with Crippen LogP contribution in [0.4, 0.5) is 5.69 Å². The monoisotopic (exact) mass is 209 g/mol. The van der Waals surface area contributed by atoms with Crippen LogP contribution in [0.2, 0.25) is 26.2 Å². The van der Waals surface area contributed by atoms with Crippen LogP contribution in [-0.2, 0) is 0 Å². The van der Waals surface area contributed by atoms with Crippen molar-refractivity contribution in [1.29, 1.82) is 0 Å². The van der Waals surface area contributed by atoms with Crippen LogP contribution in [0.5, 0.6) is 0 Å². The number of rotatable bonds is 3. The fourth-order valence-corrected chi connectivity index (χ4v) is 8.10. The van der Waals surface area contributed by atoms with Crippen LogP contribution in [0.25, 0.3) is 0 Å². The Kier molecular flexibility index (Phi) is 3.75. The molecule has 13 heavy (non-hydrogen) atoms. The van der Waals surface area contributed by atoms with Gasteiger partial charge in [0.15, 0.2) is 0 Å². The summed E-state index contributed by atoms with van der Waals surface area (Å²) in [7, 11) is -1.35. The van der Waals surface area contributed by atoms with Crippen LogP contribution >= 0.6 is 0 Å². The van der Waals surface area contributed by atoms with Crippen LogP contribution in [0, 0.1) is 0 Å². The van der Waals surface area contributed by atoms with E-state index < -0.39 is 17.9 Å². The Morgan fingerprint density at radius 1 is 0.846 bits per heavy atom. The summed E-state index contributed by atoms with van der Waals surface area (Å²) in [6.45, 7) is 9.61. The Hall–Kier alpha value is -0.546. The van der Waals surface area contributed by atoms with Gasteiger partial charge in [0.05, 0.1) is 0 Å². The van der Waals surface area contributed by atoms with E-state index in [1.54, 1.807) is 0 Å². The molecule has 0 unspecified atom stereocenters. The lowest BCUT2D eigenvalue weighted by Gasteiger charge is -2.32. The number of benzene rings is 1. The van der Waals surface area contributed by atoms with Crippen LogP contribution in [0.1, 0.15) is 0 Å². The summed E-state index contributed by atoms with van der Waals surface area (Å²) in [4.78, 5) is 0. The molecule has 0 saturated carbocycles. The molecule has 1 rings (SSSR count). The molecule has 3 heteroatoms. The van der Waals surface area contributed by atoms with E-state index in [2.05, 4.69) is 60.8 Å². The van der Waals surface area contributed by atoms with Crippen LogP contribution in [0.15, 0.2) is 30.3 Å². The summed E-state index contributed by atoms with van der Waals surface area (Å²) in [5.41, 5.74) is 1.44. The topological polar surface area (TPSA) is 3.24 Å². The molecular formula is C10H19NSi2. The van der Waals surface area contributed by atoms with Crippen molar-refractivity contribution in [1.82, 2.24) is 0 Å². The van der Waals surface area contributed by atoms with Crippen molar-refractivity contribution in [2.24, 2.45) is 0 Å². The maximum Gasteiger partial charge on any atom is 0.124 e. The predicted octanol–water partition coefficient (Wildman–Crippen LogP) is 2.46. The molecule has 0 aliphatic rings. The lowest BCUT2D eigenvalue weighted by atomic mass is 10.3. The zero-order valence-electron chi connectivity index (χ0n) is 8.99. The molecule has 0 atom stereocenters. The van der Waals surface area contributed by atoms with Crippen LogP contribution < -0.4 is 4.23 Å². The average molecular weight is 209 g/mol. The highest BCUT2D eigenvalue weighted by atomic mass is 28.3. The van der Waals surface area contributed by atoms with Gasteiger partial charge in [-0.1, -0.05) is 44.4 Å². The minimum absolute atomic E-state index is 0.675. The van der Waals surface area contributed by atoms with E-state index in [-0.39, 0.29) is 0 Å². The largest absolute Gasteiger partial charge is 0.429 e. The van der Waals surface area contributed by atoms with Crippen LogP contribution in [0.3, 0.4) is 0 Å². The van der Waals surface area contributed by atoms with E-state index in [1.807, 2.05) is 0 Å². The average Bonchev–Trinajstić information content (AvgIpc) is 2.04.